The lowest BCUT2D eigenvalue weighted by molar-refractivity contribution is 0.276. The molecule has 5 heteroatoms. The van der Waals surface area contributed by atoms with Crippen LogP contribution in [0.15, 0.2) is 41.3 Å². The van der Waals surface area contributed by atoms with Gasteiger partial charge in [0, 0.05) is 24.2 Å². The molecular weight excluding hydrogens is 306 g/mol. The van der Waals surface area contributed by atoms with E-state index in [2.05, 4.69) is 25.9 Å². The quantitative estimate of drug-likeness (QED) is 0.790. The average Bonchev–Trinajstić information content (AvgIpc) is 2.78. The standard InChI is InChI=1S/C14H12BrN3O/c1-9-6-11(15)14-17-13(10-2-4-16-5-3-10)12(8-19)18(14)7-9/h2-7,19H,8H2,1H3. The minimum atomic E-state index is -0.0608. The average molecular weight is 318 g/mol. The Morgan fingerprint density at radius 2 is 2.05 bits per heavy atom. The maximum atomic E-state index is 9.66. The van der Waals surface area contributed by atoms with Crippen molar-refractivity contribution in [3.8, 4) is 11.3 Å². The summed E-state index contributed by atoms with van der Waals surface area (Å²) in [4.78, 5) is 8.63. The number of aliphatic hydroxyl groups is 1. The molecule has 0 atom stereocenters. The van der Waals surface area contributed by atoms with Crippen molar-refractivity contribution < 1.29 is 5.11 Å². The predicted molar refractivity (Wildman–Crippen MR) is 76.8 cm³/mol. The van der Waals surface area contributed by atoms with Crippen LogP contribution in [0.25, 0.3) is 16.9 Å². The zero-order chi connectivity index (χ0) is 13.4. The molecule has 19 heavy (non-hydrogen) atoms. The number of pyridine rings is 2. The molecule has 4 nitrogen and oxygen atoms in total. The summed E-state index contributed by atoms with van der Waals surface area (Å²) in [5.74, 6) is 0. The highest BCUT2D eigenvalue weighted by molar-refractivity contribution is 9.10. The van der Waals surface area contributed by atoms with E-state index in [1.54, 1.807) is 12.4 Å². The number of imidazole rings is 1. The predicted octanol–water partition coefficient (Wildman–Crippen LogP) is 2.96. The summed E-state index contributed by atoms with van der Waals surface area (Å²) in [6, 6.07) is 5.79. The van der Waals surface area contributed by atoms with Gasteiger partial charge in [0.15, 0.2) is 5.65 Å². The number of aliphatic hydroxyl groups excluding tert-OH is 1. The monoisotopic (exact) mass is 317 g/mol. The fourth-order valence-electron chi connectivity index (χ4n) is 2.17. The molecule has 3 aromatic rings. The van der Waals surface area contributed by atoms with E-state index in [0.717, 1.165) is 32.6 Å². The highest BCUT2D eigenvalue weighted by Gasteiger charge is 2.15. The second-order valence-corrected chi connectivity index (χ2v) is 5.21. The minimum absolute atomic E-state index is 0.0608. The molecule has 0 spiro atoms. The first kappa shape index (κ1) is 12.3. The molecule has 3 rings (SSSR count). The van der Waals surface area contributed by atoms with Crippen LogP contribution in [-0.2, 0) is 6.61 Å². The van der Waals surface area contributed by atoms with E-state index in [-0.39, 0.29) is 6.61 Å². The molecule has 96 valence electrons. The van der Waals surface area contributed by atoms with E-state index < -0.39 is 0 Å². The first-order valence-corrected chi connectivity index (χ1v) is 6.68. The zero-order valence-electron chi connectivity index (χ0n) is 10.3. The van der Waals surface area contributed by atoms with Crippen LogP contribution in [0.3, 0.4) is 0 Å². The summed E-state index contributed by atoms with van der Waals surface area (Å²) < 4.78 is 2.84. The van der Waals surface area contributed by atoms with Gasteiger partial charge in [-0.25, -0.2) is 4.98 Å². The SMILES string of the molecule is Cc1cc(Br)c2nc(-c3ccncc3)c(CO)n2c1. The maximum Gasteiger partial charge on any atom is 0.152 e. The van der Waals surface area contributed by atoms with E-state index in [0.29, 0.717) is 0 Å². The molecule has 0 aromatic carbocycles. The van der Waals surface area contributed by atoms with E-state index in [9.17, 15) is 5.11 Å². The molecule has 0 amide bonds. The second-order valence-electron chi connectivity index (χ2n) is 4.36. The summed E-state index contributed by atoms with van der Waals surface area (Å²) >= 11 is 3.52. The van der Waals surface area contributed by atoms with Crippen LogP contribution in [0.5, 0.6) is 0 Å². The topological polar surface area (TPSA) is 50.4 Å². The van der Waals surface area contributed by atoms with Crippen LogP contribution in [0, 0.1) is 6.92 Å². The Morgan fingerprint density at radius 1 is 1.32 bits per heavy atom. The summed E-state index contributed by atoms with van der Waals surface area (Å²) in [5, 5.41) is 9.66. The number of fused-ring (bicyclic) bond motifs is 1. The highest BCUT2D eigenvalue weighted by Crippen LogP contribution is 2.28. The Labute approximate surface area is 118 Å². The van der Waals surface area contributed by atoms with Gasteiger partial charge in [-0.1, -0.05) is 0 Å². The van der Waals surface area contributed by atoms with Crippen molar-refractivity contribution in [2.45, 2.75) is 13.5 Å². The second kappa shape index (κ2) is 4.75. The van der Waals surface area contributed by atoms with Gasteiger partial charge in [0.2, 0.25) is 0 Å². The third-order valence-electron chi connectivity index (χ3n) is 3.01. The van der Waals surface area contributed by atoms with Crippen LogP contribution in [0.4, 0.5) is 0 Å². The van der Waals surface area contributed by atoms with Gasteiger partial charge in [-0.3, -0.25) is 9.38 Å². The van der Waals surface area contributed by atoms with Crippen molar-refractivity contribution in [3.05, 3.63) is 52.5 Å². The Bertz CT molecular complexity index is 737. The number of aryl methyl sites for hydroxylation is 1. The van der Waals surface area contributed by atoms with Gasteiger partial charge in [0.25, 0.3) is 0 Å². The summed E-state index contributed by atoms with van der Waals surface area (Å²) in [6.45, 7) is 1.95. The van der Waals surface area contributed by atoms with Crippen LogP contribution >= 0.6 is 15.9 Å². The normalized spacial score (nSPS) is 11.1. The Balaban J connectivity index is 2.35. The molecule has 0 saturated carbocycles. The van der Waals surface area contributed by atoms with Crippen molar-refractivity contribution in [1.82, 2.24) is 14.4 Å². The van der Waals surface area contributed by atoms with Crippen molar-refractivity contribution in [2.75, 3.05) is 0 Å². The smallest absolute Gasteiger partial charge is 0.152 e. The van der Waals surface area contributed by atoms with Gasteiger partial charge in [0.05, 0.1) is 22.5 Å². The molecule has 1 N–H and O–H groups in total. The van der Waals surface area contributed by atoms with Crippen LogP contribution in [0.1, 0.15) is 11.3 Å². The van der Waals surface area contributed by atoms with Crippen LogP contribution < -0.4 is 0 Å². The van der Waals surface area contributed by atoms with Crippen LogP contribution in [-0.4, -0.2) is 19.5 Å². The number of rotatable bonds is 2. The summed E-state index contributed by atoms with van der Waals surface area (Å²) in [6.07, 6.45) is 5.42. The first-order valence-electron chi connectivity index (χ1n) is 5.89. The number of hydrogen-bond acceptors (Lipinski definition) is 3. The maximum absolute atomic E-state index is 9.66. The van der Waals surface area contributed by atoms with Gasteiger partial charge >= 0.3 is 0 Å². The van der Waals surface area contributed by atoms with Crippen molar-refractivity contribution in [1.29, 1.82) is 0 Å². The third kappa shape index (κ3) is 2.05. The lowest BCUT2D eigenvalue weighted by Gasteiger charge is -2.03. The molecule has 0 bridgehead atoms. The molecule has 3 heterocycles. The van der Waals surface area contributed by atoms with Gasteiger partial charge in [0.1, 0.15) is 0 Å². The molecule has 0 aliphatic rings. The summed E-state index contributed by atoms with van der Waals surface area (Å²) in [7, 11) is 0. The molecule has 0 aliphatic heterocycles. The van der Waals surface area contributed by atoms with Gasteiger partial charge in [-0.2, -0.15) is 0 Å². The van der Waals surface area contributed by atoms with Gasteiger partial charge in [-0.05, 0) is 46.6 Å². The van der Waals surface area contributed by atoms with Crippen molar-refractivity contribution >= 4 is 21.6 Å². The van der Waals surface area contributed by atoms with Crippen LogP contribution in [0.2, 0.25) is 0 Å². The molecule has 0 saturated heterocycles. The molecular formula is C14H12BrN3O. The first-order chi connectivity index (χ1) is 9.20. The zero-order valence-corrected chi connectivity index (χ0v) is 11.9. The van der Waals surface area contributed by atoms with E-state index >= 15 is 0 Å². The van der Waals surface area contributed by atoms with Gasteiger partial charge < -0.3 is 5.11 Å². The lowest BCUT2D eigenvalue weighted by Crippen LogP contribution is -1.95. The van der Waals surface area contributed by atoms with Crippen molar-refractivity contribution in [2.24, 2.45) is 0 Å². The van der Waals surface area contributed by atoms with E-state index in [1.807, 2.05) is 35.7 Å². The van der Waals surface area contributed by atoms with Gasteiger partial charge in [-0.15, -0.1) is 0 Å². The fourth-order valence-corrected chi connectivity index (χ4v) is 2.81. The Kier molecular flexibility index (Phi) is 3.08. The number of aromatic nitrogens is 3. The molecule has 0 aliphatic carbocycles. The largest absolute Gasteiger partial charge is 0.390 e. The molecule has 0 fully saturated rings. The summed E-state index contributed by atoms with van der Waals surface area (Å²) in [5.41, 5.74) is 4.43. The Hall–Kier alpha value is -1.72. The Morgan fingerprint density at radius 3 is 2.74 bits per heavy atom. The minimum Gasteiger partial charge on any atom is -0.390 e. The molecule has 3 aromatic heterocycles. The van der Waals surface area contributed by atoms with Crippen molar-refractivity contribution in [3.63, 3.8) is 0 Å². The molecule has 0 radical (unpaired) electrons. The number of hydrogen-bond donors (Lipinski definition) is 1. The van der Waals surface area contributed by atoms with E-state index in [4.69, 9.17) is 0 Å². The number of halogens is 1. The fraction of sp³-hybridized carbons (Fsp3) is 0.143. The highest BCUT2D eigenvalue weighted by atomic mass is 79.9. The van der Waals surface area contributed by atoms with E-state index in [1.165, 1.54) is 0 Å². The molecule has 0 unspecified atom stereocenters. The third-order valence-corrected chi connectivity index (χ3v) is 3.60. The number of nitrogens with zero attached hydrogens (tertiary/aromatic N) is 3. The lowest BCUT2D eigenvalue weighted by atomic mass is 10.1.